The van der Waals surface area contributed by atoms with Crippen molar-refractivity contribution in [3.8, 4) is 0 Å². The highest BCUT2D eigenvalue weighted by atomic mass is 19.1. The van der Waals surface area contributed by atoms with Gasteiger partial charge in [-0.2, -0.15) is 0 Å². The van der Waals surface area contributed by atoms with Crippen molar-refractivity contribution in [3.63, 3.8) is 0 Å². The van der Waals surface area contributed by atoms with Gasteiger partial charge in [0.15, 0.2) is 0 Å². The van der Waals surface area contributed by atoms with Gasteiger partial charge in [0, 0.05) is 28.2 Å². The summed E-state index contributed by atoms with van der Waals surface area (Å²) in [5, 5.41) is 4.26. The standard InChI is InChI=1S/C33H26FNO3/c1-33(2,32(36)37-21-22-8-4-3-5-9-22)35(26-14-12-25(34)13-15-26)27-16-17-28-29-18-23-10-6-7-11-24(23)19-30(29)38-31(28)20-27/h3-20H,21H2,1-2H3. The lowest BCUT2D eigenvalue weighted by atomic mass is 9.99. The van der Waals surface area contributed by atoms with Gasteiger partial charge in [-0.15, -0.1) is 0 Å². The van der Waals surface area contributed by atoms with Gasteiger partial charge in [0.2, 0.25) is 0 Å². The fraction of sp³-hybridized carbons (Fsp3) is 0.121. The molecule has 188 valence electrons. The maximum absolute atomic E-state index is 13.8. The van der Waals surface area contributed by atoms with Crippen LogP contribution < -0.4 is 4.90 Å². The number of nitrogens with zero attached hydrogens (tertiary/aromatic N) is 1. The molecular formula is C33H26FNO3. The number of carbonyl (C=O) groups is 1. The maximum Gasteiger partial charge on any atom is 0.332 e. The Balaban J connectivity index is 1.43. The summed E-state index contributed by atoms with van der Waals surface area (Å²) < 4.78 is 25.9. The number of hydrogen-bond acceptors (Lipinski definition) is 4. The summed E-state index contributed by atoms with van der Waals surface area (Å²) in [4.78, 5) is 15.3. The summed E-state index contributed by atoms with van der Waals surface area (Å²) >= 11 is 0. The van der Waals surface area contributed by atoms with Crippen LogP contribution in [0.1, 0.15) is 19.4 Å². The molecule has 1 aromatic heterocycles. The predicted molar refractivity (Wildman–Crippen MR) is 150 cm³/mol. The number of furan rings is 1. The second kappa shape index (κ2) is 9.34. The van der Waals surface area contributed by atoms with Crippen LogP contribution in [0.4, 0.5) is 15.8 Å². The fourth-order valence-corrected chi connectivity index (χ4v) is 4.97. The lowest BCUT2D eigenvalue weighted by Gasteiger charge is -2.38. The van der Waals surface area contributed by atoms with Crippen LogP contribution in [-0.4, -0.2) is 11.5 Å². The molecule has 0 bridgehead atoms. The fourth-order valence-electron chi connectivity index (χ4n) is 4.97. The Kier molecular flexibility index (Phi) is 5.84. The van der Waals surface area contributed by atoms with E-state index in [9.17, 15) is 9.18 Å². The molecule has 6 rings (SSSR count). The lowest BCUT2D eigenvalue weighted by Crippen LogP contribution is -2.48. The van der Waals surface area contributed by atoms with Gasteiger partial charge in [-0.3, -0.25) is 0 Å². The zero-order chi connectivity index (χ0) is 26.3. The van der Waals surface area contributed by atoms with Crippen LogP contribution in [0.5, 0.6) is 0 Å². The third-order valence-electron chi connectivity index (χ3n) is 6.94. The van der Waals surface area contributed by atoms with Crippen LogP contribution in [0, 0.1) is 5.82 Å². The molecule has 4 nitrogen and oxygen atoms in total. The van der Waals surface area contributed by atoms with Crippen LogP contribution in [0.3, 0.4) is 0 Å². The molecule has 0 atom stereocenters. The third kappa shape index (κ3) is 4.26. The van der Waals surface area contributed by atoms with Crippen molar-refractivity contribution in [2.75, 3.05) is 4.90 Å². The number of rotatable bonds is 6. The van der Waals surface area contributed by atoms with Gasteiger partial charge in [0.1, 0.15) is 29.1 Å². The summed E-state index contributed by atoms with van der Waals surface area (Å²) in [6.07, 6.45) is 0. The van der Waals surface area contributed by atoms with Gasteiger partial charge in [0.05, 0.1) is 0 Å². The molecule has 5 heteroatoms. The first-order chi connectivity index (χ1) is 18.4. The molecular weight excluding hydrogens is 477 g/mol. The molecule has 0 aliphatic rings. The molecule has 1 heterocycles. The van der Waals surface area contributed by atoms with E-state index in [1.807, 2.05) is 71.6 Å². The van der Waals surface area contributed by atoms with E-state index in [0.29, 0.717) is 11.3 Å². The number of ether oxygens (including phenoxy) is 1. The first kappa shape index (κ1) is 23.7. The summed E-state index contributed by atoms with van der Waals surface area (Å²) in [5.74, 6) is -0.750. The van der Waals surface area contributed by atoms with Crippen LogP contribution >= 0.6 is 0 Å². The summed E-state index contributed by atoms with van der Waals surface area (Å²) in [5.41, 5.74) is 2.69. The first-order valence-electron chi connectivity index (χ1n) is 12.5. The quantitative estimate of drug-likeness (QED) is 0.214. The minimum absolute atomic E-state index is 0.163. The number of esters is 1. The molecule has 0 spiro atoms. The van der Waals surface area contributed by atoms with Gasteiger partial charge >= 0.3 is 5.97 Å². The lowest BCUT2D eigenvalue weighted by molar-refractivity contribution is -0.150. The van der Waals surface area contributed by atoms with Crippen molar-refractivity contribution in [2.45, 2.75) is 26.0 Å². The summed E-state index contributed by atoms with van der Waals surface area (Å²) in [6, 6.07) is 33.9. The Bertz CT molecular complexity index is 1770. The van der Waals surface area contributed by atoms with Gasteiger partial charge < -0.3 is 14.1 Å². The van der Waals surface area contributed by atoms with Crippen molar-refractivity contribution in [2.24, 2.45) is 0 Å². The Morgan fingerprint density at radius 2 is 1.39 bits per heavy atom. The smallest absolute Gasteiger partial charge is 0.332 e. The average Bonchev–Trinajstić information content (AvgIpc) is 3.28. The highest BCUT2D eigenvalue weighted by molar-refractivity contribution is 6.10. The minimum Gasteiger partial charge on any atom is -0.459 e. The Hall–Kier alpha value is -4.64. The van der Waals surface area contributed by atoms with Crippen molar-refractivity contribution in [1.82, 2.24) is 0 Å². The summed E-state index contributed by atoms with van der Waals surface area (Å²) in [6.45, 7) is 3.77. The van der Waals surface area contributed by atoms with E-state index in [1.54, 1.807) is 26.0 Å². The van der Waals surface area contributed by atoms with E-state index >= 15 is 0 Å². The number of anilines is 2. The molecule has 6 aromatic rings. The minimum atomic E-state index is -1.11. The number of carbonyl (C=O) groups excluding carboxylic acids is 1. The van der Waals surface area contributed by atoms with Crippen molar-refractivity contribution >= 4 is 50.1 Å². The molecule has 0 aliphatic carbocycles. The zero-order valence-corrected chi connectivity index (χ0v) is 21.1. The van der Waals surface area contributed by atoms with Crippen molar-refractivity contribution < 1.29 is 18.3 Å². The molecule has 0 radical (unpaired) electrons. The molecule has 0 amide bonds. The second-order valence-electron chi connectivity index (χ2n) is 9.91. The molecule has 0 saturated heterocycles. The van der Waals surface area contributed by atoms with Crippen molar-refractivity contribution in [3.05, 3.63) is 121 Å². The topological polar surface area (TPSA) is 42.7 Å². The molecule has 0 fully saturated rings. The number of halogens is 1. The van der Waals surface area contributed by atoms with Crippen molar-refractivity contribution in [1.29, 1.82) is 0 Å². The van der Waals surface area contributed by atoms with E-state index in [-0.39, 0.29) is 12.4 Å². The van der Waals surface area contributed by atoms with Gasteiger partial charge in [-0.1, -0.05) is 54.6 Å². The van der Waals surface area contributed by atoms with Crippen LogP contribution in [-0.2, 0) is 16.1 Å². The van der Waals surface area contributed by atoms with Gasteiger partial charge in [0.25, 0.3) is 0 Å². The largest absolute Gasteiger partial charge is 0.459 e. The van der Waals surface area contributed by atoms with Gasteiger partial charge in [-0.05, 0) is 78.7 Å². The Morgan fingerprint density at radius 3 is 2.13 bits per heavy atom. The molecule has 5 aromatic carbocycles. The molecule has 0 saturated carbocycles. The maximum atomic E-state index is 13.8. The first-order valence-corrected chi connectivity index (χ1v) is 12.5. The third-order valence-corrected chi connectivity index (χ3v) is 6.94. The molecule has 0 N–H and O–H groups in total. The SMILES string of the molecule is CC(C)(C(=O)OCc1ccccc1)N(c1ccc(F)cc1)c1ccc2c(c1)oc1cc3ccccc3cc12. The molecule has 0 unspecified atom stereocenters. The van der Waals surface area contributed by atoms with E-state index < -0.39 is 11.5 Å². The summed E-state index contributed by atoms with van der Waals surface area (Å²) in [7, 11) is 0. The van der Waals surface area contributed by atoms with E-state index in [0.717, 1.165) is 38.4 Å². The number of benzene rings is 5. The van der Waals surface area contributed by atoms with E-state index in [4.69, 9.17) is 9.15 Å². The normalized spacial score (nSPS) is 11.8. The highest BCUT2D eigenvalue weighted by Gasteiger charge is 2.38. The second-order valence-corrected chi connectivity index (χ2v) is 9.91. The highest BCUT2D eigenvalue weighted by Crippen LogP contribution is 2.39. The van der Waals surface area contributed by atoms with Crippen LogP contribution in [0.25, 0.3) is 32.7 Å². The van der Waals surface area contributed by atoms with Gasteiger partial charge in [-0.25, -0.2) is 9.18 Å². The number of hydrogen-bond donors (Lipinski definition) is 0. The van der Waals surface area contributed by atoms with E-state index in [1.165, 1.54) is 12.1 Å². The Morgan fingerprint density at radius 1 is 0.763 bits per heavy atom. The Labute approximate surface area is 219 Å². The van der Waals surface area contributed by atoms with Crippen LogP contribution in [0.15, 0.2) is 114 Å². The van der Waals surface area contributed by atoms with Crippen LogP contribution in [0.2, 0.25) is 0 Å². The molecule has 0 aliphatic heterocycles. The van der Waals surface area contributed by atoms with E-state index in [2.05, 4.69) is 18.2 Å². The number of fused-ring (bicyclic) bond motifs is 4. The average molecular weight is 504 g/mol. The molecule has 38 heavy (non-hydrogen) atoms. The monoisotopic (exact) mass is 503 g/mol. The zero-order valence-electron chi connectivity index (χ0n) is 21.1. The predicted octanol–water partition coefficient (Wildman–Crippen LogP) is 8.54.